The summed E-state index contributed by atoms with van der Waals surface area (Å²) < 4.78 is 36.5. The van der Waals surface area contributed by atoms with Crippen LogP contribution in [0.15, 0.2) is 190 Å². The number of nitrogens with two attached hydrogens (primary N) is 1. The topological polar surface area (TPSA) is 211 Å². The van der Waals surface area contributed by atoms with Gasteiger partial charge in [-0.05, 0) is 107 Å². The third-order valence-corrected chi connectivity index (χ3v) is 13.5. The predicted octanol–water partition coefficient (Wildman–Crippen LogP) is 10.4. The number of ether oxygens (including phenoxy) is 3. The van der Waals surface area contributed by atoms with Gasteiger partial charge < -0.3 is 58.8 Å². The Balaban J connectivity index is 0.000000124. The molecule has 0 saturated carbocycles. The van der Waals surface area contributed by atoms with Gasteiger partial charge in [0.25, 0.3) is 0 Å². The molecule has 1 unspecified atom stereocenters. The predicted molar refractivity (Wildman–Crippen MR) is 295 cm³/mol. The molecule has 1 aliphatic rings. The maximum atomic E-state index is 12.2. The van der Waals surface area contributed by atoms with Crippen LogP contribution in [-0.4, -0.2) is 46.6 Å². The van der Waals surface area contributed by atoms with E-state index in [9.17, 15) is 20.5 Å². The monoisotopic (exact) mass is 1030 g/mol. The van der Waals surface area contributed by atoms with E-state index in [1.165, 1.54) is 0 Å². The van der Waals surface area contributed by atoms with Crippen LogP contribution in [0.1, 0.15) is 33.6 Å². The van der Waals surface area contributed by atoms with Crippen LogP contribution < -0.4 is 29.6 Å². The molecule has 0 amide bonds. The summed E-state index contributed by atoms with van der Waals surface area (Å²) in [5, 5.41) is 47.4. The number of nitrogens with zero attached hydrogens (tertiary/aromatic N) is 3. The van der Waals surface area contributed by atoms with Gasteiger partial charge in [0.15, 0.2) is 6.20 Å². The molecule has 0 saturated heterocycles. The number of aromatic nitrogens is 3. The van der Waals surface area contributed by atoms with Gasteiger partial charge in [0, 0.05) is 44.3 Å². The van der Waals surface area contributed by atoms with Crippen molar-refractivity contribution in [3.8, 4) is 45.7 Å². The van der Waals surface area contributed by atoms with Crippen LogP contribution in [-0.2, 0) is 26.4 Å². The average molecular weight is 1030 g/mol. The van der Waals surface area contributed by atoms with Crippen LogP contribution in [0, 0.1) is 5.21 Å². The third kappa shape index (κ3) is 9.68. The minimum Gasteiger partial charge on any atom is -0.629 e. The molecule has 13 rings (SSSR count). The highest BCUT2D eigenvalue weighted by atomic mass is 16.5. The molecule has 0 fully saturated rings. The molecular formula is C62H52N5O10+. The number of furan rings is 3. The number of hydroxylamine groups is 2. The number of para-hydroxylation sites is 3. The summed E-state index contributed by atoms with van der Waals surface area (Å²) in [4.78, 5) is 9.04. The Morgan fingerprint density at radius 3 is 1.55 bits per heavy atom. The molecule has 12 aromatic rings. The van der Waals surface area contributed by atoms with E-state index >= 15 is 0 Å². The van der Waals surface area contributed by atoms with E-state index in [2.05, 4.69) is 4.98 Å². The number of nitrogens with one attached hydrogen (secondary N) is 1. The zero-order valence-corrected chi connectivity index (χ0v) is 42.2. The third-order valence-electron chi connectivity index (χ3n) is 13.5. The highest BCUT2D eigenvalue weighted by Gasteiger charge is 2.27. The van der Waals surface area contributed by atoms with Crippen molar-refractivity contribution in [1.82, 2.24) is 9.97 Å². The highest BCUT2D eigenvalue weighted by molar-refractivity contribution is 6.06. The number of anilines is 1. The Kier molecular flexibility index (Phi) is 13.9. The number of quaternary nitrogens is 1. The van der Waals surface area contributed by atoms with E-state index in [1.54, 1.807) is 45.9 Å². The first-order valence-electron chi connectivity index (χ1n) is 24.6. The van der Waals surface area contributed by atoms with Gasteiger partial charge in [0.1, 0.15) is 75.2 Å². The first-order valence-corrected chi connectivity index (χ1v) is 24.6. The number of aliphatic hydroxyl groups excluding tert-OH is 3. The molecule has 1 aliphatic heterocycles. The summed E-state index contributed by atoms with van der Waals surface area (Å²) in [6.45, 7) is 0.0229. The highest BCUT2D eigenvalue weighted by Crippen LogP contribution is 2.41. The molecule has 15 nitrogen and oxygen atoms in total. The number of rotatable bonds is 10. The Morgan fingerprint density at radius 1 is 0.545 bits per heavy atom. The zero-order chi connectivity index (χ0) is 53.2. The molecule has 6 N–H and O–H groups in total. The lowest BCUT2D eigenvalue weighted by molar-refractivity contribution is -0.806. The van der Waals surface area contributed by atoms with E-state index in [0.717, 1.165) is 105 Å². The SMILES string of the molecule is COc1cc(CO)cc2c(-c3cc4ccccc4o3)cnc(-[n+]3ccccc3)c12.COc1cc(CO)cc2c(-c3cc4ccccc4o3)cnc(N)c12.COc1cc(CO)cc2c1C[NH+]([O-])C=C2c1cc2ccccc2o1. The molecule has 77 heavy (non-hydrogen) atoms. The van der Waals surface area contributed by atoms with Gasteiger partial charge in [-0.3, -0.25) is 0 Å². The number of benzene rings is 6. The van der Waals surface area contributed by atoms with Crippen molar-refractivity contribution in [2.75, 3.05) is 27.1 Å². The van der Waals surface area contributed by atoms with Crippen molar-refractivity contribution in [1.29, 1.82) is 0 Å². The number of hydrogen-bond donors (Lipinski definition) is 5. The van der Waals surface area contributed by atoms with Crippen molar-refractivity contribution in [3.05, 3.63) is 215 Å². The fourth-order valence-electron chi connectivity index (χ4n) is 9.84. The standard InChI is InChI=1S/C24H19N2O3.C19H16N2O3.C19H17NO4/c1-28-22-12-16(15-27)11-18-19(21-13-17-7-3-4-8-20(17)29-21)14-25-24(23(18)22)26-9-5-2-6-10-26;1-23-17-7-11(10-22)6-13-14(9-21-19(20)18(13)17)16-8-12-4-2-3-5-15(12)24-16;1-23-18-7-12(11-21)6-14-15(18)9-20(22)10-16(14)19-8-13-4-2-3-5-17(13)24-19/h2-14,27H,15H2,1H3;2-9,22H,10H2,1H3,(H2,20,21);2-8,10,20-21H,9,11H2,1H3/q+1;;. The summed E-state index contributed by atoms with van der Waals surface area (Å²) in [5.41, 5.74) is 14.8. The van der Waals surface area contributed by atoms with E-state index < -0.39 is 0 Å². The van der Waals surface area contributed by atoms with Crippen molar-refractivity contribution in [3.63, 3.8) is 0 Å². The molecule has 7 heterocycles. The summed E-state index contributed by atoms with van der Waals surface area (Å²) in [6.07, 6.45) is 9.01. The van der Waals surface area contributed by atoms with Crippen LogP contribution >= 0.6 is 0 Å². The van der Waals surface area contributed by atoms with Crippen LogP contribution in [0.5, 0.6) is 17.2 Å². The Labute approximate surface area is 441 Å². The quantitative estimate of drug-likeness (QED) is 0.0638. The van der Waals surface area contributed by atoms with Crippen molar-refractivity contribution >= 4 is 65.8 Å². The molecule has 6 aromatic heterocycles. The Bertz CT molecular complexity index is 4070. The number of fused-ring (bicyclic) bond motifs is 6. The molecule has 0 aliphatic carbocycles. The molecule has 384 valence electrons. The van der Waals surface area contributed by atoms with Gasteiger partial charge in [0.05, 0.1) is 75.6 Å². The fourth-order valence-corrected chi connectivity index (χ4v) is 9.84. The van der Waals surface area contributed by atoms with Crippen molar-refractivity contribution in [2.45, 2.75) is 26.4 Å². The van der Waals surface area contributed by atoms with Gasteiger partial charge in [0.2, 0.25) is 0 Å². The molecule has 15 heteroatoms. The van der Waals surface area contributed by atoms with Crippen LogP contribution in [0.2, 0.25) is 0 Å². The molecule has 6 aromatic carbocycles. The van der Waals surface area contributed by atoms with Crippen LogP contribution in [0.25, 0.3) is 88.5 Å². The van der Waals surface area contributed by atoms with Gasteiger partial charge in [-0.2, -0.15) is 0 Å². The van der Waals surface area contributed by atoms with Gasteiger partial charge >= 0.3 is 5.82 Å². The average Bonchev–Trinajstić information content (AvgIpc) is 4.25. The van der Waals surface area contributed by atoms with E-state index in [4.69, 9.17) is 38.2 Å². The van der Waals surface area contributed by atoms with Crippen LogP contribution in [0.3, 0.4) is 0 Å². The van der Waals surface area contributed by atoms with Gasteiger partial charge in [-0.1, -0.05) is 60.7 Å². The Hall–Kier alpha value is -9.35. The van der Waals surface area contributed by atoms with Gasteiger partial charge in [-0.15, -0.1) is 0 Å². The first kappa shape index (κ1) is 49.8. The lowest BCUT2D eigenvalue weighted by atomic mass is 9.93. The lowest BCUT2D eigenvalue weighted by Crippen LogP contribution is -3.01. The molecule has 0 bridgehead atoms. The number of nitrogen functional groups attached to an aromatic ring is 1. The molecule has 1 atom stereocenters. The number of hydrogen-bond acceptors (Lipinski definition) is 13. The summed E-state index contributed by atoms with van der Waals surface area (Å²) >= 11 is 0. The van der Waals surface area contributed by atoms with E-state index in [1.807, 2.05) is 157 Å². The summed E-state index contributed by atoms with van der Waals surface area (Å²) in [5.74, 6) is 5.06. The summed E-state index contributed by atoms with van der Waals surface area (Å²) in [7, 11) is 4.77. The fraction of sp³-hybridized carbons (Fsp3) is 0.113. The lowest BCUT2D eigenvalue weighted by Gasteiger charge is -2.27. The number of aliphatic hydroxyl groups is 3. The normalized spacial score (nSPS) is 13.0. The minimum absolute atomic E-state index is 0.00741. The van der Waals surface area contributed by atoms with Crippen molar-refractivity contribution in [2.24, 2.45) is 0 Å². The van der Waals surface area contributed by atoms with E-state index in [-0.39, 0.29) is 31.4 Å². The number of methoxy groups -OCH3 is 3. The maximum absolute atomic E-state index is 12.2. The molecule has 0 radical (unpaired) electrons. The molecule has 0 spiro atoms. The minimum atomic E-state index is -0.0923. The Morgan fingerprint density at radius 2 is 1.01 bits per heavy atom. The second kappa shape index (κ2) is 21.5. The second-order valence-electron chi connectivity index (χ2n) is 18.2. The van der Waals surface area contributed by atoms with E-state index in [0.29, 0.717) is 40.0 Å². The van der Waals surface area contributed by atoms with Crippen LogP contribution in [0.4, 0.5) is 5.82 Å². The van der Waals surface area contributed by atoms with Gasteiger partial charge in [-0.25, -0.2) is 9.55 Å². The first-order chi connectivity index (χ1) is 37.7. The molecular weight excluding hydrogens is 975 g/mol. The smallest absolute Gasteiger partial charge is 0.339 e. The maximum Gasteiger partial charge on any atom is 0.339 e. The van der Waals surface area contributed by atoms with Crippen molar-refractivity contribution < 1.29 is 52.4 Å². The zero-order valence-electron chi connectivity index (χ0n) is 42.2. The summed E-state index contributed by atoms with van der Waals surface area (Å²) in [6, 6.07) is 46.4. The second-order valence-corrected chi connectivity index (χ2v) is 18.2. The number of pyridine rings is 3. The largest absolute Gasteiger partial charge is 0.629 e.